The Morgan fingerprint density at radius 1 is 1.80 bits per heavy atom. The van der Waals surface area contributed by atoms with Crippen LogP contribution in [0.2, 0.25) is 0 Å². The molecule has 4 nitrogen and oxygen atoms in total. The molecule has 1 aliphatic carbocycles. The molecule has 0 spiro atoms. The van der Waals surface area contributed by atoms with Crippen LogP contribution in [-0.2, 0) is 0 Å². The van der Waals surface area contributed by atoms with Crippen molar-refractivity contribution in [3.8, 4) is 0 Å². The molecule has 3 N–H and O–H groups in total. The summed E-state index contributed by atoms with van der Waals surface area (Å²) < 4.78 is 0. The number of rotatable bonds is 2. The van der Waals surface area contributed by atoms with E-state index in [0.29, 0.717) is 6.54 Å². The normalized spacial score (nSPS) is 20.2. The van der Waals surface area contributed by atoms with Crippen LogP contribution in [0.25, 0.3) is 0 Å². The van der Waals surface area contributed by atoms with E-state index in [9.17, 15) is 4.79 Å². The van der Waals surface area contributed by atoms with E-state index in [1.54, 1.807) is 7.05 Å². The fraction of sp³-hybridized carbons (Fsp3) is 0.833. The van der Waals surface area contributed by atoms with E-state index in [1.807, 2.05) is 0 Å². The largest absolute Gasteiger partial charge is 0.465 e. The van der Waals surface area contributed by atoms with Crippen molar-refractivity contribution in [1.29, 1.82) is 0 Å². The van der Waals surface area contributed by atoms with Crippen molar-refractivity contribution in [2.24, 2.45) is 5.73 Å². The van der Waals surface area contributed by atoms with Gasteiger partial charge in [0, 0.05) is 13.6 Å². The number of nitrogens with two attached hydrogens (primary N) is 1. The van der Waals surface area contributed by atoms with Crippen LogP contribution in [-0.4, -0.2) is 35.2 Å². The zero-order chi connectivity index (χ0) is 7.78. The first kappa shape index (κ1) is 7.34. The molecular formula is C6H12N2O2. The first-order valence-corrected chi connectivity index (χ1v) is 3.29. The molecule has 1 saturated carbocycles. The van der Waals surface area contributed by atoms with Gasteiger partial charge in [0.15, 0.2) is 0 Å². The smallest absolute Gasteiger partial charge is 0.407 e. The zero-order valence-electron chi connectivity index (χ0n) is 6.00. The molecule has 0 atom stereocenters. The maximum Gasteiger partial charge on any atom is 0.407 e. The van der Waals surface area contributed by atoms with E-state index in [2.05, 4.69) is 0 Å². The van der Waals surface area contributed by atoms with Gasteiger partial charge in [0.25, 0.3) is 0 Å². The molecule has 1 amide bonds. The minimum atomic E-state index is -0.886. The minimum Gasteiger partial charge on any atom is -0.465 e. The first-order chi connectivity index (χ1) is 4.62. The van der Waals surface area contributed by atoms with Gasteiger partial charge in [-0.2, -0.15) is 0 Å². The van der Waals surface area contributed by atoms with Crippen LogP contribution in [0.4, 0.5) is 4.79 Å². The van der Waals surface area contributed by atoms with Gasteiger partial charge in [0.2, 0.25) is 0 Å². The lowest BCUT2D eigenvalue weighted by Crippen LogP contribution is -2.43. The van der Waals surface area contributed by atoms with Crippen LogP contribution in [0, 0.1) is 0 Å². The first-order valence-electron chi connectivity index (χ1n) is 3.29. The molecule has 10 heavy (non-hydrogen) atoms. The summed E-state index contributed by atoms with van der Waals surface area (Å²) in [6.07, 6.45) is 0.932. The second-order valence-electron chi connectivity index (χ2n) is 2.77. The SMILES string of the molecule is CN(C(=O)O)C1(CN)CC1. The number of amides is 1. The highest BCUT2D eigenvalue weighted by atomic mass is 16.4. The fourth-order valence-corrected chi connectivity index (χ4v) is 1.02. The molecule has 0 aromatic carbocycles. The van der Waals surface area contributed by atoms with E-state index < -0.39 is 6.09 Å². The highest BCUT2D eigenvalue weighted by Gasteiger charge is 2.47. The van der Waals surface area contributed by atoms with E-state index in [1.165, 1.54) is 4.90 Å². The van der Waals surface area contributed by atoms with Crippen LogP contribution >= 0.6 is 0 Å². The Hall–Kier alpha value is -0.770. The van der Waals surface area contributed by atoms with Gasteiger partial charge in [-0.3, -0.25) is 0 Å². The molecule has 0 bridgehead atoms. The van der Waals surface area contributed by atoms with E-state index in [4.69, 9.17) is 10.8 Å². The summed E-state index contributed by atoms with van der Waals surface area (Å²) in [6, 6.07) is 0. The van der Waals surface area contributed by atoms with Crippen molar-refractivity contribution in [3.63, 3.8) is 0 Å². The molecule has 4 heteroatoms. The van der Waals surface area contributed by atoms with Crippen molar-refractivity contribution in [1.82, 2.24) is 4.90 Å². The van der Waals surface area contributed by atoms with Gasteiger partial charge < -0.3 is 15.7 Å². The molecule has 1 aliphatic rings. The monoisotopic (exact) mass is 144 g/mol. The van der Waals surface area contributed by atoms with Crippen LogP contribution in [0.1, 0.15) is 12.8 Å². The second-order valence-corrected chi connectivity index (χ2v) is 2.77. The van der Waals surface area contributed by atoms with Crippen molar-refractivity contribution in [2.75, 3.05) is 13.6 Å². The Balaban J connectivity index is 2.55. The lowest BCUT2D eigenvalue weighted by atomic mass is 10.2. The standard InChI is InChI=1S/C6H12N2O2/c1-8(5(9)10)6(4-7)2-3-6/h2-4,7H2,1H3,(H,9,10). The summed E-state index contributed by atoms with van der Waals surface area (Å²) in [5, 5.41) is 8.56. The fourth-order valence-electron chi connectivity index (χ4n) is 1.02. The van der Waals surface area contributed by atoms with Crippen molar-refractivity contribution < 1.29 is 9.90 Å². The number of hydrogen-bond donors (Lipinski definition) is 2. The lowest BCUT2D eigenvalue weighted by molar-refractivity contribution is 0.134. The van der Waals surface area contributed by atoms with Crippen LogP contribution in [0.3, 0.4) is 0 Å². The Bertz CT molecular complexity index is 154. The third-order valence-electron chi connectivity index (χ3n) is 2.21. The molecule has 0 aliphatic heterocycles. The molecule has 0 heterocycles. The Labute approximate surface area is 59.6 Å². The molecule has 58 valence electrons. The van der Waals surface area contributed by atoms with Crippen LogP contribution in [0.5, 0.6) is 0 Å². The van der Waals surface area contributed by atoms with Gasteiger partial charge >= 0.3 is 6.09 Å². The van der Waals surface area contributed by atoms with E-state index in [0.717, 1.165) is 12.8 Å². The molecule has 0 aromatic heterocycles. The summed E-state index contributed by atoms with van der Waals surface area (Å²) >= 11 is 0. The highest BCUT2D eigenvalue weighted by Crippen LogP contribution is 2.39. The number of carboxylic acid groups (broad SMARTS) is 1. The second kappa shape index (κ2) is 2.12. The van der Waals surface area contributed by atoms with Gasteiger partial charge in [0.1, 0.15) is 0 Å². The molecule has 0 radical (unpaired) electrons. The topological polar surface area (TPSA) is 66.6 Å². The summed E-state index contributed by atoms with van der Waals surface area (Å²) in [4.78, 5) is 11.7. The van der Waals surface area contributed by atoms with Crippen molar-refractivity contribution in [3.05, 3.63) is 0 Å². The van der Waals surface area contributed by atoms with Crippen molar-refractivity contribution >= 4 is 6.09 Å². The lowest BCUT2D eigenvalue weighted by Gasteiger charge is -2.23. The Morgan fingerprint density at radius 3 is 2.40 bits per heavy atom. The van der Waals surface area contributed by atoms with Gasteiger partial charge in [0.05, 0.1) is 5.54 Å². The number of carbonyl (C=O) groups is 1. The number of nitrogens with zero attached hydrogens (tertiary/aromatic N) is 1. The quantitative estimate of drug-likeness (QED) is 0.577. The third-order valence-corrected chi connectivity index (χ3v) is 2.21. The molecule has 0 aromatic rings. The predicted octanol–water partition coefficient (Wildman–Crippen LogP) is 0.0875. The zero-order valence-corrected chi connectivity index (χ0v) is 6.00. The van der Waals surface area contributed by atoms with Crippen LogP contribution < -0.4 is 5.73 Å². The molecular weight excluding hydrogens is 132 g/mol. The molecule has 1 rings (SSSR count). The third kappa shape index (κ3) is 0.945. The maximum atomic E-state index is 10.4. The van der Waals surface area contributed by atoms with Gasteiger partial charge in [-0.1, -0.05) is 0 Å². The Morgan fingerprint density at radius 2 is 2.30 bits per heavy atom. The summed E-state index contributed by atoms with van der Waals surface area (Å²) in [6.45, 7) is 0.440. The summed E-state index contributed by atoms with van der Waals surface area (Å²) in [5.41, 5.74) is 5.19. The minimum absolute atomic E-state index is 0.216. The number of hydrogen-bond acceptors (Lipinski definition) is 2. The maximum absolute atomic E-state index is 10.4. The van der Waals surface area contributed by atoms with E-state index in [-0.39, 0.29) is 5.54 Å². The average molecular weight is 144 g/mol. The van der Waals surface area contributed by atoms with Gasteiger partial charge in [-0.25, -0.2) is 4.79 Å². The summed E-state index contributed by atoms with van der Waals surface area (Å²) in [7, 11) is 1.57. The van der Waals surface area contributed by atoms with Crippen molar-refractivity contribution in [2.45, 2.75) is 18.4 Å². The van der Waals surface area contributed by atoms with Gasteiger partial charge in [-0.15, -0.1) is 0 Å². The highest BCUT2D eigenvalue weighted by molar-refractivity contribution is 5.66. The molecule has 0 saturated heterocycles. The molecule has 1 fully saturated rings. The molecule has 0 unspecified atom stereocenters. The predicted molar refractivity (Wildman–Crippen MR) is 36.8 cm³/mol. The Kier molecular flexibility index (Phi) is 1.56. The van der Waals surface area contributed by atoms with E-state index >= 15 is 0 Å². The average Bonchev–Trinajstić information content (AvgIpc) is 2.66. The summed E-state index contributed by atoms with van der Waals surface area (Å²) in [5.74, 6) is 0. The van der Waals surface area contributed by atoms with Gasteiger partial charge in [-0.05, 0) is 12.8 Å². The number of likely N-dealkylation sites (N-methyl/N-ethyl adjacent to an activating group) is 1. The van der Waals surface area contributed by atoms with Crippen LogP contribution in [0.15, 0.2) is 0 Å².